The summed E-state index contributed by atoms with van der Waals surface area (Å²) in [6, 6.07) is 6.14. The molecule has 0 bridgehead atoms. The molecule has 1 aliphatic heterocycles. The smallest absolute Gasteiger partial charge is 0.191 e. The van der Waals surface area contributed by atoms with Crippen LogP contribution in [0.25, 0.3) is 0 Å². The van der Waals surface area contributed by atoms with Crippen molar-refractivity contribution in [2.24, 2.45) is 4.99 Å². The molecule has 2 N–H and O–H groups in total. The number of aromatic nitrogens is 2. The van der Waals surface area contributed by atoms with Gasteiger partial charge in [-0.05, 0) is 38.3 Å². The van der Waals surface area contributed by atoms with Crippen LogP contribution < -0.4 is 15.5 Å². The fraction of sp³-hybridized carbons (Fsp3) is 0.591. The van der Waals surface area contributed by atoms with Crippen molar-refractivity contribution in [2.45, 2.75) is 65.8 Å². The molecule has 1 aliphatic rings. The normalized spacial score (nSPS) is 19.3. The molecule has 1 saturated heterocycles. The van der Waals surface area contributed by atoms with Gasteiger partial charge in [-0.15, -0.1) is 24.0 Å². The minimum atomic E-state index is 0. The number of morpholine rings is 1. The molecular weight excluding hydrogens is 507 g/mol. The van der Waals surface area contributed by atoms with E-state index in [0.29, 0.717) is 19.0 Å². The van der Waals surface area contributed by atoms with Gasteiger partial charge in [-0.1, -0.05) is 25.1 Å². The van der Waals surface area contributed by atoms with Gasteiger partial charge >= 0.3 is 0 Å². The fourth-order valence-corrected chi connectivity index (χ4v) is 3.43. The second-order valence-corrected chi connectivity index (χ2v) is 8.11. The zero-order valence-corrected chi connectivity index (χ0v) is 21.4. The van der Waals surface area contributed by atoms with Crippen LogP contribution in [-0.4, -0.2) is 47.9 Å². The van der Waals surface area contributed by atoms with Crippen LogP contribution in [0, 0.1) is 0 Å². The zero-order valence-electron chi connectivity index (χ0n) is 19.1. The quantitative estimate of drug-likeness (QED) is 0.314. The van der Waals surface area contributed by atoms with Gasteiger partial charge in [0.1, 0.15) is 5.82 Å². The molecule has 0 saturated carbocycles. The predicted octanol–water partition coefficient (Wildman–Crippen LogP) is 3.68. The highest BCUT2D eigenvalue weighted by Gasteiger charge is 2.22. The van der Waals surface area contributed by atoms with E-state index in [1.165, 1.54) is 0 Å². The second-order valence-electron chi connectivity index (χ2n) is 8.11. The molecule has 3 rings (SSSR count). The van der Waals surface area contributed by atoms with E-state index in [4.69, 9.17) is 9.26 Å². The van der Waals surface area contributed by atoms with Crippen LogP contribution in [0.2, 0.25) is 0 Å². The van der Waals surface area contributed by atoms with Gasteiger partial charge in [-0.2, -0.15) is 0 Å². The van der Waals surface area contributed by atoms with Crippen LogP contribution in [0.3, 0.4) is 0 Å². The third-order valence-electron chi connectivity index (χ3n) is 4.92. The molecule has 8 nitrogen and oxygen atoms in total. The van der Waals surface area contributed by atoms with Crippen molar-refractivity contribution in [1.29, 1.82) is 0 Å². The number of hydrogen-bond donors (Lipinski definition) is 2. The predicted molar refractivity (Wildman–Crippen MR) is 134 cm³/mol. The number of guanidine groups is 1. The molecule has 2 aromatic rings. The van der Waals surface area contributed by atoms with Crippen LogP contribution in [0.1, 0.15) is 57.6 Å². The van der Waals surface area contributed by atoms with Crippen molar-refractivity contribution in [3.05, 3.63) is 41.4 Å². The summed E-state index contributed by atoms with van der Waals surface area (Å²) >= 11 is 0. The fourth-order valence-electron chi connectivity index (χ4n) is 3.43. The highest BCUT2D eigenvalue weighted by atomic mass is 127. The SMILES string of the molecule is CCNC(=NCc1ccc(N2CC(C)OC(C)C2)nc1)NCc1cc(C(C)C)no1.I. The minimum Gasteiger partial charge on any atom is -0.372 e. The third kappa shape index (κ3) is 7.64. The van der Waals surface area contributed by atoms with Crippen molar-refractivity contribution in [1.82, 2.24) is 20.8 Å². The molecule has 1 fully saturated rings. The molecular formula is C22H35IN6O2. The molecule has 0 aromatic carbocycles. The molecule has 9 heteroatoms. The Morgan fingerprint density at radius 1 is 1.23 bits per heavy atom. The van der Waals surface area contributed by atoms with E-state index < -0.39 is 0 Å². The molecule has 0 aliphatic carbocycles. The number of pyridine rings is 1. The Bertz CT molecular complexity index is 814. The van der Waals surface area contributed by atoms with Crippen molar-refractivity contribution in [3.63, 3.8) is 0 Å². The van der Waals surface area contributed by atoms with E-state index in [9.17, 15) is 0 Å². The number of hydrogen-bond acceptors (Lipinski definition) is 6. The Hall–Kier alpha value is -1.88. The van der Waals surface area contributed by atoms with E-state index >= 15 is 0 Å². The van der Waals surface area contributed by atoms with Gasteiger partial charge in [-0.3, -0.25) is 0 Å². The number of anilines is 1. The number of rotatable bonds is 7. The van der Waals surface area contributed by atoms with E-state index in [2.05, 4.69) is 70.5 Å². The van der Waals surface area contributed by atoms with Crippen molar-refractivity contribution < 1.29 is 9.26 Å². The first-order chi connectivity index (χ1) is 14.4. The van der Waals surface area contributed by atoms with Crippen LogP contribution in [0.4, 0.5) is 5.82 Å². The lowest BCUT2D eigenvalue weighted by molar-refractivity contribution is -0.00545. The molecule has 2 aromatic heterocycles. The van der Waals surface area contributed by atoms with E-state index in [0.717, 1.165) is 48.4 Å². The lowest BCUT2D eigenvalue weighted by Gasteiger charge is -2.36. The van der Waals surface area contributed by atoms with E-state index in [-0.39, 0.29) is 36.2 Å². The zero-order chi connectivity index (χ0) is 21.5. The Morgan fingerprint density at radius 3 is 2.55 bits per heavy atom. The summed E-state index contributed by atoms with van der Waals surface area (Å²) in [5, 5.41) is 10.6. The number of halogens is 1. The molecule has 31 heavy (non-hydrogen) atoms. The average molecular weight is 542 g/mol. The maximum atomic E-state index is 5.81. The summed E-state index contributed by atoms with van der Waals surface area (Å²) < 4.78 is 11.2. The van der Waals surface area contributed by atoms with Gasteiger partial charge in [-0.25, -0.2) is 9.98 Å². The summed E-state index contributed by atoms with van der Waals surface area (Å²) in [5.74, 6) is 2.87. The van der Waals surface area contributed by atoms with Crippen molar-refractivity contribution in [3.8, 4) is 0 Å². The molecule has 0 radical (unpaired) electrons. The van der Waals surface area contributed by atoms with Gasteiger partial charge in [0.05, 0.1) is 31.0 Å². The summed E-state index contributed by atoms with van der Waals surface area (Å²) in [4.78, 5) is 11.6. The first-order valence-corrected chi connectivity index (χ1v) is 10.8. The Morgan fingerprint density at radius 2 is 1.97 bits per heavy atom. The Kier molecular flexibility index (Phi) is 10.0. The third-order valence-corrected chi connectivity index (χ3v) is 4.92. The first-order valence-electron chi connectivity index (χ1n) is 10.8. The largest absolute Gasteiger partial charge is 0.372 e. The number of nitrogens with zero attached hydrogens (tertiary/aromatic N) is 4. The van der Waals surface area contributed by atoms with Crippen molar-refractivity contribution >= 4 is 35.8 Å². The molecule has 0 amide bonds. The molecule has 2 unspecified atom stereocenters. The van der Waals surface area contributed by atoms with Gasteiger partial charge in [0.2, 0.25) is 0 Å². The first kappa shape index (κ1) is 25.4. The van der Waals surface area contributed by atoms with E-state index in [1.807, 2.05) is 19.2 Å². The molecule has 0 spiro atoms. The van der Waals surface area contributed by atoms with E-state index in [1.54, 1.807) is 0 Å². The van der Waals surface area contributed by atoms with Crippen LogP contribution in [0.5, 0.6) is 0 Å². The minimum absolute atomic E-state index is 0. The summed E-state index contributed by atoms with van der Waals surface area (Å²) in [6.45, 7) is 14.0. The topological polar surface area (TPSA) is 87.8 Å². The van der Waals surface area contributed by atoms with Gasteiger partial charge in [0.25, 0.3) is 0 Å². The van der Waals surface area contributed by atoms with Crippen LogP contribution in [0.15, 0.2) is 33.9 Å². The summed E-state index contributed by atoms with van der Waals surface area (Å²) in [7, 11) is 0. The highest BCUT2D eigenvalue weighted by molar-refractivity contribution is 14.0. The average Bonchev–Trinajstić information content (AvgIpc) is 3.19. The van der Waals surface area contributed by atoms with Gasteiger partial charge < -0.3 is 24.8 Å². The summed E-state index contributed by atoms with van der Waals surface area (Å²) in [5.41, 5.74) is 2.02. The van der Waals surface area contributed by atoms with Gasteiger partial charge in [0, 0.05) is 31.9 Å². The molecule has 2 atom stereocenters. The van der Waals surface area contributed by atoms with Crippen LogP contribution in [-0.2, 0) is 17.8 Å². The number of ether oxygens (including phenoxy) is 1. The molecule has 3 heterocycles. The maximum Gasteiger partial charge on any atom is 0.191 e. The van der Waals surface area contributed by atoms with Crippen molar-refractivity contribution in [2.75, 3.05) is 24.5 Å². The van der Waals surface area contributed by atoms with Crippen LogP contribution >= 0.6 is 24.0 Å². The van der Waals surface area contributed by atoms with Gasteiger partial charge in [0.15, 0.2) is 11.7 Å². The second kappa shape index (κ2) is 12.2. The molecule has 172 valence electrons. The standard InChI is InChI=1S/C22H34N6O2.HI/c1-6-23-22(26-12-19-9-20(15(2)3)27-30-19)25-11-18-7-8-21(24-10-18)28-13-16(4)29-17(5)14-28;/h7-10,15-17H,6,11-14H2,1-5H3,(H2,23,25,26);1H. The highest BCUT2D eigenvalue weighted by Crippen LogP contribution is 2.18. The monoisotopic (exact) mass is 542 g/mol. The number of aliphatic imine (C=N–C) groups is 1. The maximum absolute atomic E-state index is 5.81. The summed E-state index contributed by atoms with van der Waals surface area (Å²) in [6.07, 6.45) is 2.34. The lowest BCUT2D eigenvalue weighted by atomic mass is 10.1. The Balaban J connectivity index is 0.00000341. The Labute approximate surface area is 202 Å². The number of nitrogens with one attached hydrogen (secondary N) is 2. The lowest BCUT2D eigenvalue weighted by Crippen LogP contribution is -2.45.